The molecule has 3 heterocycles. The highest BCUT2D eigenvalue weighted by molar-refractivity contribution is 7.15. The lowest BCUT2D eigenvalue weighted by Gasteiger charge is -2.17. The predicted octanol–water partition coefficient (Wildman–Crippen LogP) is 2.84. The average Bonchev–Trinajstić information content (AvgIpc) is 3.45. The summed E-state index contributed by atoms with van der Waals surface area (Å²) in [6, 6.07) is 11.5. The molecule has 1 aliphatic rings. The molecular formula is C22H26N6O3S. The van der Waals surface area contributed by atoms with E-state index < -0.39 is 6.10 Å². The molecule has 0 saturated carbocycles. The van der Waals surface area contributed by atoms with Gasteiger partial charge in [-0.25, -0.2) is 0 Å². The fourth-order valence-electron chi connectivity index (χ4n) is 3.70. The minimum absolute atomic E-state index is 0.0755. The molecule has 10 heteroatoms. The van der Waals surface area contributed by atoms with Gasteiger partial charge in [-0.3, -0.25) is 4.79 Å². The second-order valence-electron chi connectivity index (χ2n) is 7.65. The summed E-state index contributed by atoms with van der Waals surface area (Å²) in [4.78, 5) is 15.1. The van der Waals surface area contributed by atoms with Crippen molar-refractivity contribution in [3.05, 3.63) is 52.7 Å². The first kappa shape index (κ1) is 22.1. The van der Waals surface area contributed by atoms with Crippen LogP contribution in [0.4, 0.5) is 10.9 Å². The van der Waals surface area contributed by atoms with Gasteiger partial charge in [0.25, 0.3) is 0 Å². The van der Waals surface area contributed by atoms with Gasteiger partial charge in [-0.15, -0.1) is 15.3 Å². The third-order valence-corrected chi connectivity index (χ3v) is 6.20. The van der Waals surface area contributed by atoms with Gasteiger partial charge in [0.15, 0.2) is 11.6 Å². The summed E-state index contributed by atoms with van der Waals surface area (Å²) in [5.41, 5.74) is 1.66. The number of carbonyl (C=O) groups is 1. The molecule has 1 aromatic carbocycles. The topological polar surface area (TPSA) is 102 Å². The SMILES string of the molecule is COc1cccc([C@H](OC)C(=O)Cc2nnc(N[C@@H]3CCN(c4ccc(C)nn4)C3)s2)c1. The quantitative estimate of drug-likeness (QED) is 0.523. The van der Waals surface area contributed by atoms with Crippen LogP contribution in [0.25, 0.3) is 0 Å². The van der Waals surface area contributed by atoms with Gasteiger partial charge in [0.2, 0.25) is 5.13 Å². The van der Waals surface area contributed by atoms with E-state index in [2.05, 4.69) is 30.6 Å². The Bertz CT molecular complexity index is 1060. The summed E-state index contributed by atoms with van der Waals surface area (Å²) in [5.74, 6) is 1.49. The van der Waals surface area contributed by atoms with Crippen LogP contribution in [0, 0.1) is 6.92 Å². The molecule has 2 atom stereocenters. The summed E-state index contributed by atoms with van der Waals surface area (Å²) in [5, 5.41) is 21.6. The van der Waals surface area contributed by atoms with Crippen molar-refractivity contribution in [3.8, 4) is 5.75 Å². The fourth-order valence-corrected chi connectivity index (χ4v) is 4.53. The van der Waals surface area contributed by atoms with E-state index in [4.69, 9.17) is 9.47 Å². The van der Waals surface area contributed by atoms with E-state index in [1.807, 2.05) is 43.3 Å². The number of hydrogen-bond acceptors (Lipinski definition) is 10. The van der Waals surface area contributed by atoms with Crippen LogP contribution in [-0.4, -0.2) is 59.5 Å². The lowest BCUT2D eigenvalue weighted by atomic mass is 10.0. The molecule has 0 radical (unpaired) electrons. The Kier molecular flexibility index (Phi) is 6.91. The molecule has 0 amide bonds. The van der Waals surface area contributed by atoms with Crippen LogP contribution in [0.1, 0.15) is 28.8 Å². The fraction of sp³-hybridized carbons (Fsp3) is 0.409. The van der Waals surface area contributed by atoms with Crippen molar-refractivity contribution >= 4 is 28.1 Å². The Labute approximate surface area is 190 Å². The monoisotopic (exact) mass is 454 g/mol. The maximum atomic E-state index is 12.9. The molecular weight excluding hydrogens is 428 g/mol. The zero-order chi connectivity index (χ0) is 22.5. The largest absolute Gasteiger partial charge is 0.497 e. The molecule has 1 fully saturated rings. The molecule has 32 heavy (non-hydrogen) atoms. The zero-order valence-electron chi connectivity index (χ0n) is 18.3. The number of carbonyl (C=O) groups excluding carboxylic acids is 1. The Balaban J connectivity index is 1.34. The summed E-state index contributed by atoms with van der Waals surface area (Å²) >= 11 is 1.40. The lowest BCUT2D eigenvalue weighted by Crippen LogP contribution is -2.26. The third kappa shape index (κ3) is 5.20. The highest BCUT2D eigenvalue weighted by Gasteiger charge is 2.26. The molecule has 3 aromatic rings. The van der Waals surface area contributed by atoms with Crippen molar-refractivity contribution in [1.29, 1.82) is 0 Å². The van der Waals surface area contributed by atoms with Crippen LogP contribution in [0.3, 0.4) is 0 Å². The Morgan fingerprint density at radius 3 is 2.84 bits per heavy atom. The summed E-state index contributed by atoms with van der Waals surface area (Å²) in [7, 11) is 3.12. The number of aryl methyl sites for hydroxylation is 1. The zero-order valence-corrected chi connectivity index (χ0v) is 19.1. The normalized spacial score (nSPS) is 16.7. The number of hydrogen-bond donors (Lipinski definition) is 1. The molecule has 0 bridgehead atoms. The highest BCUT2D eigenvalue weighted by atomic mass is 32.1. The van der Waals surface area contributed by atoms with Gasteiger partial charge in [0, 0.05) is 26.2 Å². The van der Waals surface area contributed by atoms with E-state index in [0.29, 0.717) is 15.9 Å². The highest BCUT2D eigenvalue weighted by Crippen LogP contribution is 2.26. The van der Waals surface area contributed by atoms with E-state index in [-0.39, 0.29) is 18.2 Å². The molecule has 168 valence electrons. The second-order valence-corrected chi connectivity index (χ2v) is 8.71. The van der Waals surface area contributed by atoms with Crippen molar-refractivity contribution in [2.24, 2.45) is 0 Å². The first-order chi connectivity index (χ1) is 15.6. The minimum atomic E-state index is -0.676. The average molecular weight is 455 g/mol. The molecule has 4 rings (SSSR count). The van der Waals surface area contributed by atoms with E-state index >= 15 is 0 Å². The van der Waals surface area contributed by atoms with Crippen LogP contribution >= 0.6 is 11.3 Å². The van der Waals surface area contributed by atoms with Crippen LogP contribution in [0.2, 0.25) is 0 Å². The maximum Gasteiger partial charge on any atom is 0.205 e. The van der Waals surface area contributed by atoms with Gasteiger partial charge in [0.1, 0.15) is 16.9 Å². The maximum absolute atomic E-state index is 12.9. The first-order valence-corrected chi connectivity index (χ1v) is 11.2. The molecule has 1 N–H and O–H groups in total. The third-order valence-electron chi connectivity index (χ3n) is 5.34. The van der Waals surface area contributed by atoms with Gasteiger partial charge in [-0.2, -0.15) is 5.10 Å². The summed E-state index contributed by atoms with van der Waals surface area (Å²) < 4.78 is 10.7. The molecule has 2 aromatic heterocycles. The van der Waals surface area contributed by atoms with Crippen molar-refractivity contribution < 1.29 is 14.3 Å². The number of ketones is 1. The summed E-state index contributed by atoms with van der Waals surface area (Å²) in [6.07, 6.45) is 0.444. The van der Waals surface area contributed by atoms with Crippen molar-refractivity contribution in [3.63, 3.8) is 0 Å². The number of benzene rings is 1. The molecule has 9 nitrogen and oxygen atoms in total. The van der Waals surface area contributed by atoms with Gasteiger partial charge in [-0.05, 0) is 43.2 Å². The van der Waals surface area contributed by atoms with Crippen molar-refractivity contribution in [2.75, 3.05) is 37.5 Å². The number of ether oxygens (including phenoxy) is 2. The second kappa shape index (κ2) is 10.0. The first-order valence-electron chi connectivity index (χ1n) is 10.4. The number of aromatic nitrogens is 4. The Morgan fingerprint density at radius 1 is 1.22 bits per heavy atom. The smallest absolute Gasteiger partial charge is 0.205 e. The van der Waals surface area contributed by atoms with Gasteiger partial charge < -0.3 is 19.7 Å². The van der Waals surface area contributed by atoms with E-state index in [9.17, 15) is 4.79 Å². The molecule has 1 saturated heterocycles. The lowest BCUT2D eigenvalue weighted by molar-refractivity contribution is -0.128. The number of methoxy groups -OCH3 is 2. The van der Waals surface area contributed by atoms with Crippen molar-refractivity contribution in [1.82, 2.24) is 20.4 Å². The number of Topliss-reactive ketones (excluding diaryl/α,β-unsaturated/α-hetero) is 1. The van der Waals surface area contributed by atoms with Crippen LogP contribution in [-0.2, 0) is 16.0 Å². The number of anilines is 2. The van der Waals surface area contributed by atoms with Crippen LogP contribution in [0.15, 0.2) is 36.4 Å². The molecule has 1 aliphatic heterocycles. The van der Waals surface area contributed by atoms with E-state index in [1.165, 1.54) is 18.4 Å². The van der Waals surface area contributed by atoms with Gasteiger partial charge >= 0.3 is 0 Å². The van der Waals surface area contributed by atoms with Crippen LogP contribution < -0.4 is 15.0 Å². The van der Waals surface area contributed by atoms with Gasteiger partial charge in [-0.1, -0.05) is 23.5 Å². The number of rotatable bonds is 9. The summed E-state index contributed by atoms with van der Waals surface area (Å²) in [6.45, 7) is 3.64. The van der Waals surface area contributed by atoms with Gasteiger partial charge in [0.05, 0.1) is 19.2 Å². The van der Waals surface area contributed by atoms with Crippen LogP contribution in [0.5, 0.6) is 5.75 Å². The minimum Gasteiger partial charge on any atom is -0.497 e. The van der Waals surface area contributed by atoms with E-state index in [0.717, 1.165) is 36.6 Å². The number of nitrogens with one attached hydrogen (secondary N) is 1. The Hall–Kier alpha value is -3.11. The van der Waals surface area contributed by atoms with E-state index in [1.54, 1.807) is 7.11 Å². The molecule has 0 spiro atoms. The Morgan fingerprint density at radius 2 is 2.09 bits per heavy atom. The molecule has 0 aliphatic carbocycles. The number of nitrogens with zero attached hydrogens (tertiary/aromatic N) is 5. The van der Waals surface area contributed by atoms with Crippen molar-refractivity contribution in [2.45, 2.75) is 31.9 Å². The molecule has 0 unspecified atom stereocenters. The predicted molar refractivity (Wildman–Crippen MR) is 122 cm³/mol. The standard InChI is InChI=1S/C22H26N6O3S/c1-14-7-8-19(25-24-14)28-10-9-16(13-28)23-22-27-26-20(32-22)12-18(29)21(31-3)15-5-4-6-17(11-15)30-2/h4-8,11,16,21H,9-10,12-13H2,1-3H3,(H,23,27)/t16-,21+/m1/s1.